The molecule has 1 aliphatic heterocycles. The van der Waals surface area contributed by atoms with Gasteiger partial charge in [-0.05, 0) is 37.1 Å². The van der Waals surface area contributed by atoms with Crippen molar-refractivity contribution in [3.8, 4) is 11.5 Å². The SMILES string of the molecule is CCC1Oc2ccc([N+](=O)[O-])cc2N(CCOc2cccc(C)c2)C1=O. The molecule has 136 valence electrons. The molecule has 0 saturated carbocycles. The zero-order chi connectivity index (χ0) is 18.7. The fraction of sp³-hybridized carbons (Fsp3) is 0.316. The van der Waals surface area contributed by atoms with Gasteiger partial charge in [0, 0.05) is 12.1 Å². The lowest BCUT2D eigenvalue weighted by Crippen LogP contribution is -2.47. The number of nitro groups is 1. The Kier molecular flexibility index (Phi) is 5.06. The van der Waals surface area contributed by atoms with Crippen molar-refractivity contribution in [1.82, 2.24) is 0 Å². The fourth-order valence-electron chi connectivity index (χ4n) is 2.87. The number of fused-ring (bicyclic) bond motifs is 1. The van der Waals surface area contributed by atoms with Crippen LogP contribution < -0.4 is 14.4 Å². The van der Waals surface area contributed by atoms with E-state index in [1.807, 2.05) is 38.1 Å². The third kappa shape index (κ3) is 3.61. The molecular formula is C19H20N2O5. The average Bonchev–Trinajstić information content (AvgIpc) is 2.62. The lowest BCUT2D eigenvalue weighted by Gasteiger charge is -2.33. The maximum atomic E-state index is 12.7. The number of nitro benzene ring substituents is 1. The second kappa shape index (κ2) is 7.43. The number of hydrogen-bond donors (Lipinski definition) is 0. The maximum absolute atomic E-state index is 12.7. The highest BCUT2D eigenvalue weighted by Crippen LogP contribution is 2.37. The van der Waals surface area contributed by atoms with Gasteiger partial charge in [0.2, 0.25) is 0 Å². The monoisotopic (exact) mass is 356 g/mol. The molecule has 1 heterocycles. The number of non-ortho nitro benzene ring substituents is 1. The minimum atomic E-state index is -0.595. The smallest absolute Gasteiger partial charge is 0.271 e. The normalized spacial score (nSPS) is 16.0. The Balaban J connectivity index is 1.81. The van der Waals surface area contributed by atoms with Gasteiger partial charge in [-0.25, -0.2) is 0 Å². The summed E-state index contributed by atoms with van der Waals surface area (Å²) in [5.41, 5.74) is 1.40. The van der Waals surface area contributed by atoms with Crippen LogP contribution in [0, 0.1) is 17.0 Å². The van der Waals surface area contributed by atoms with Gasteiger partial charge in [0.15, 0.2) is 6.10 Å². The second-order valence-corrected chi connectivity index (χ2v) is 6.08. The first kappa shape index (κ1) is 17.7. The van der Waals surface area contributed by atoms with E-state index in [9.17, 15) is 14.9 Å². The number of rotatable bonds is 6. The summed E-state index contributed by atoms with van der Waals surface area (Å²) in [6, 6.07) is 11.9. The predicted molar refractivity (Wildman–Crippen MR) is 96.8 cm³/mol. The van der Waals surface area contributed by atoms with Crippen LogP contribution in [-0.2, 0) is 4.79 Å². The molecule has 2 aromatic rings. The molecule has 7 nitrogen and oxygen atoms in total. The first-order valence-electron chi connectivity index (χ1n) is 8.45. The first-order chi connectivity index (χ1) is 12.5. The molecule has 0 radical (unpaired) electrons. The number of benzene rings is 2. The van der Waals surface area contributed by atoms with Crippen molar-refractivity contribution in [2.75, 3.05) is 18.1 Å². The number of carbonyl (C=O) groups is 1. The van der Waals surface area contributed by atoms with Gasteiger partial charge in [0.25, 0.3) is 11.6 Å². The Labute approximate surface area is 151 Å². The largest absolute Gasteiger partial charge is 0.492 e. The summed E-state index contributed by atoms with van der Waals surface area (Å²) in [5.74, 6) is 0.975. The molecule has 2 aromatic carbocycles. The van der Waals surface area contributed by atoms with Crippen LogP contribution in [0.15, 0.2) is 42.5 Å². The standard InChI is InChI=1S/C19H20N2O5/c1-3-17-19(22)20(9-10-25-15-6-4-5-13(2)11-15)16-12-14(21(23)24)7-8-18(16)26-17/h4-8,11-12,17H,3,9-10H2,1-2H3. The van der Waals surface area contributed by atoms with Crippen LogP contribution >= 0.6 is 0 Å². The molecule has 0 N–H and O–H groups in total. The minimum Gasteiger partial charge on any atom is -0.492 e. The summed E-state index contributed by atoms with van der Waals surface area (Å²) in [6.07, 6.45) is -0.0762. The topological polar surface area (TPSA) is 81.9 Å². The maximum Gasteiger partial charge on any atom is 0.271 e. The van der Waals surface area contributed by atoms with E-state index in [2.05, 4.69) is 0 Å². The minimum absolute atomic E-state index is 0.0836. The zero-order valence-corrected chi connectivity index (χ0v) is 14.7. The van der Waals surface area contributed by atoms with E-state index < -0.39 is 11.0 Å². The van der Waals surface area contributed by atoms with Gasteiger partial charge in [-0.1, -0.05) is 19.1 Å². The zero-order valence-electron chi connectivity index (χ0n) is 14.7. The van der Waals surface area contributed by atoms with Gasteiger partial charge in [-0.15, -0.1) is 0 Å². The van der Waals surface area contributed by atoms with Gasteiger partial charge in [0.05, 0.1) is 17.2 Å². The van der Waals surface area contributed by atoms with Crippen LogP contribution in [0.3, 0.4) is 0 Å². The molecule has 0 bridgehead atoms. The molecule has 1 atom stereocenters. The number of amides is 1. The van der Waals surface area contributed by atoms with E-state index in [1.54, 1.807) is 0 Å². The van der Waals surface area contributed by atoms with Gasteiger partial charge in [-0.2, -0.15) is 0 Å². The summed E-state index contributed by atoms with van der Waals surface area (Å²) in [6.45, 7) is 4.38. The van der Waals surface area contributed by atoms with Crippen LogP contribution in [0.4, 0.5) is 11.4 Å². The summed E-state index contributed by atoms with van der Waals surface area (Å²) >= 11 is 0. The van der Waals surface area contributed by atoms with Crippen LogP contribution in [0.5, 0.6) is 11.5 Å². The Bertz CT molecular complexity index is 836. The Morgan fingerprint density at radius 2 is 2.08 bits per heavy atom. The second-order valence-electron chi connectivity index (χ2n) is 6.08. The number of anilines is 1. The summed E-state index contributed by atoms with van der Waals surface area (Å²) in [5, 5.41) is 11.1. The molecule has 1 amide bonds. The molecule has 0 aromatic heterocycles. The van der Waals surface area contributed by atoms with Crippen molar-refractivity contribution in [1.29, 1.82) is 0 Å². The van der Waals surface area contributed by atoms with Crippen molar-refractivity contribution >= 4 is 17.3 Å². The third-order valence-electron chi connectivity index (χ3n) is 4.20. The van der Waals surface area contributed by atoms with E-state index in [1.165, 1.54) is 23.1 Å². The number of nitrogens with zero attached hydrogens (tertiary/aromatic N) is 2. The van der Waals surface area contributed by atoms with Crippen LogP contribution in [0.25, 0.3) is 0 Å². The highest BCUT2D eigenvalue weighted by molar-refractivity contribution is 6.00. The first-order valence-corrected chi connectivity index (χ1v) is 8.45. The van der Waals surface area contributed by atoms with E-state index in [0.717, 1.165) is 11.3 Å². The van der Waals surface area contributed by atoms with Crippen molar-refractivity contribution in [2.45, 2.75) is 26.4 Å². The van der Waals surface area contributed by atoms with Crippen molar-refractivity contribution < 1.29 is 19.2 Å². The van der Waals surface area contributed by atoms with Crippen LogP contribution in [-0.4, -0.2) is 30.1 Å². The van der Waals surface area contributed by atoms with Gasteiger partial charge in [0.1, 0.15) is 18.1 Å². The van der Waals surface area contributed by atoms with E-state index in [-0.39, 0.29) is 24.7 Å². The van der Waals surface area contributed by atoms with E-state index in [0.29, 0.717) is 17.9 Å². The molecule has 0 spiro atoms. The van der Waals surface area contributed by atoms with Crippen LogP contribution in [0.1, 0.15) is 18.9 Å². The summed E-state index contributed by atoms with van der Waals surface area (Å²) in [7, 11) is 0. The molecular weight excluding hydrogens is 336 g/mol. The molecule has 0 fully saturated rings. The number of carbonyl (C=O) groups excluding carboxylic acids is 1. The summed E-state index contributed by atoms with van der Waals surface area (Å²) < 4.78 is 11.4. The number of aryl methyl sites for hydroxylation is 1. The predicted octanol–water partition coefficient (Wildman–Crippen LogP) is 3.49. The number of ether oxygens (including phenoxy) is 2. The molecule has 3 rings (SSSR count). The quantitative estimate of drug-likeness (QED) is 0.584. The van der Waals surface area contributed by atoms with Crippen molar-refractivity contribution in [2.24, 2.45) is 0 Å². The molecule has 1 aliphatic rings. The molecule has 7 heteroatoms. The highest BCUT2D eigenvalue weighted by atomic mass is 16.6. The van der Waals surface area contributed by atoms with Crippen molar-refractivity contribution in [3.63, 3.8) is 0 Å². The molecule has 26 heavy (non-hydrogen) atoms. The third-order valence-corrected chi connectivity index (χ3v) is 4.20. The van der Waals surface area contributed by atoms with Gasteiger partial charge in [-0.3, -0.25) is 14.9 Å². The molecule has 1 unspecified atom stereocenters. The lowest BCUT2D eigenvalue weighted by atomic mass is 10.1. The Morgan fingerprint density at radius 1 is 1.27 bits per heavy atom. The van der Waals surface area contributed by atoms with Crippen LogP contribution in [0.2, 0.25) is 0 Å². The Morgan fingerprint density at radius 3 is 2.77 bits per heavy atom. The fourth-order valence-corrected chi connectivity index (χ4v) is 2.87. The van der Waals surface area contributed by atoms with E-state index >= 15 is 0 Å². The summed E-state index contributed by atoms with van der Waals surface area (Å²) in [4.78, 5) is 24.8. The van der Waals surface area contributed by atoms with Gasteiger partial charge >= 0.3 is 0 Å². The van der Waals surface area contributed by atoms with Crippen molar-refractivity contribution in [3.05, 3.63) is 58.1 Å². The van der Waals surface area contributed by atoms with Gasteiger partial charge < -0.3 is 14.4 Å². The highest BCUT2D eigenvalue weighted by Gasteiger charge is 2.34. The molecule has 0 aliphatic carbocycles. The average molecular weight is 356 g/mol. The Hall–Kier alpha value is -3.09. The lowest BCUT2D eigenvalue weighted by molar-refractivity contribution is -0.384. The molecule has 0 saturated heterocycles. The van der Waals surface area contributed by atoms with E-state index in [4.69, 9.17) is 9.47 Å². The number of hydrogen-bond acceptors (Lipinski definition) is 5.